The molecule has 3 rings (SSSR count). The quantitative estimate of drug-likeness (QED) is 0.860. The van der Waals surface area contributed by atoms with E-state index in [1.54, 1.807) is 12.1 Å². The minimum absolute atomic E-state index is 0.0777. The summed E-state index contributed by atoms with van der Waals surface area (Å²) in [5, 5.41) is 8.67. The predicted octanol–water partition coefficient (Wildman–Crippen LogP) is 1.72. The molecule has 1 aromatic heterocycles. The molecule has 2 aromatic rings. The molecule has 0 aliphatic carbocycles. The van der Waals surface area contributed by atoms with Crippen LogP contribution in [0.15, 0.2) is 29.1 Å². The molecule has 1 saturated heterocycles. The molecule has 0 saturated carbocycles. The largest absolute Gasteiger partial charge is 0.350 e. The average molecular weight is 289 g/mol. The fourth-order valence-electron chi connectivity index (χ4n) is 2.57. The summed E-state index contributed by atoms with van der Waals surface area (Å²) in [6.45, 7) is 4.98. The summed E-state index contributed by atoms with van der Waals surface area (Å²) in [6.07, 6.45) is 1.63. The maximum atomic E-state index is 12.3. The Balaban J connectivity index is 1.74. The lowest BCUT2D eigenvalue weighted by molar-refractivity contribution is -0.274. The van der Waals surface area contributed by atoms with Crippen molar-refractivity contribution in [1.29, 1.82) is 0 Å². The van der Waals surface area contributed by atoms with Gasteiger partial charge in [-0.15, -0.1) is 5.10 Å². The summed E-state index contributed by atoms with van der Waals surface area (Å²) in [5.41, 5.74) is 0.522. The standard InChI is InChI=1S/C15H19N3O3/c1-15(2)20-10-8-11(21-15)7-9-18-14(19)12-5-3-4-6-13(12)16-17-18/h3-6,11H,7-10H2,1-2H3. The van der Waals surface area contributed by atoms with Crippen LogP contribution in [0.2, 0.25) is 0 Å². The van der Waals surface area contributed by atoms with Gasteiger partial charge < -0.3 is 9.47 Å². The van der Waals surface area contributed by atoms with Crippen LogP contribution in [0, 0.1) is 0 Å². The van der Waals surface area contributed by atoms with E-state index in [1.807, 2.05) is 26.0 Å². The van der Waals surface area contributed by atoms with Gasteiger partial charge in [-0.1, -0.05) is 17.3 Å². The van der Waals surface area contributed by atoms with Gasteiger partial charge in [-0.2, -0.15) is 0 Å². The number of nitrogens with zero attached hydrogens (tertiary/aromatic N) is 3. The van der Waals surface area contributed by atoms with Crippen molar-refractivity contribution < 1.29 is 9.47 Å². The molecule has 1 fully saturated rings. The molecule has 2 heterocycles. The van der Waals surface area contributed by atoms with Gasteiger partial charge in [-0.05, 0) is 38.8 Å². The molecule has 1 aliphatic rings. The van der Waals surface area contributed by atoms with Crippen LogP contribution in [0.4, 0.5) is 0 Å². The molecule has 21 heavy (non-hydrogen) atoms. The predicted molar refractivity (Wildman–Crippen MR) is 77.9 cm³/mol. The van der Waals surface area contributed by atoms with Crippen LogP contribution in [0.3, 0.4) is 0 Å². The first-order valence-corrected chi connectivity index (χ1v) is 7.19. The van der Waals surface area contributed by atoms with Crippen LogP contribution in [-0.2, 0) is 16.0 Å². The molecule has 1 atom stereocenters. The first-order valence-electron chi connectivity index (χ1n) is 7.19. The Morgan fingerprint density at radius 3 is 3.00 bits per heavy atom. The van der Waals surface area contributed by atoms with E-state index in [2.05, 4.69) is 10.3 Å². The van der Waals surface area contributed by atoms with Crippen molar-refractivity contribution in [3.8, 4) is 0 Å². The Morgan fingerprint density at radius 1 is 1.38 bits per heavy atom. The molecule has 0 radical (unpaired) electrons. The highest BCUT2D eigenvalue weighted by Gasteiger charge is 2.29. The zero-order valence-corrected chi connectivity index (χ0v) is 12.3. The lowest BCUT2D eigenvalue weighted by Crippen LogP contribution is -2.40. The number of aromatic nitrogens is 3. The number of hydrogen-bond donors (Lipinski definition) is 0. The van der Waals surface area contributed by atoms with Crippen molar-refractivity contribution in [2.24, 2.45) is 0 Å². The third kappa shape index (κ3) is 3.11. The molecule has 1 aromatic carbocycles. The van der Waals surface area contributed by atoms with Gasteiger partial charge in [0.05, 0.1) is 18.1 Å². The molecule has 0 bridgehead atoms. The number of benzene rings is 1. The third-order valence-electron chi connectivity index (χ3n) is 3.63. The molecule has 0 N–H and O–H groups in total. The molecule has 0 amide bonds. The fourth-order valence-corrected chi connectivity index (χ4v) is 2.57. The van der Waals surface area contributed by atoms with Crippen molar-refractivity contribution in [1.82, 2.24) is 15.0 Å². The van der Waals surface area contributed by atoms with E-state index < -0.39 is 5.79 Å². The van der Waals surface area contributed by atoms with Crippen molar-refractivity contribution in [3.05, 3.63) is 34.6 Å². The van der Waals surface area contributed by atoms with Crippen LogP contribution in [0.25, 0.3) is 10.9 Å². The van der Waals surface area contributed by atoms with Gasteiger partial charge in [0.15, 0.2) is 5.79 Å². The maximum absolute atomic E-state index is 12.3. The summed E-state index contributed by atoms with van der Waals surface area (Å²) in [4.78, 5) is 12.3. The second-order valence-electron chi connectivity index (χ2n) is 5.70. The summed E-state index contributed by atoms with van der Waals surface area (Å²) in [6, 6.07) is 7.24. The second kappa shape index (κ2) is 5.54. The first-order chi connectivity index (χ1) is 10.1. The van der Waals surface area contributed by atoms with E-state index in [-0.39, 0.29) is 11.7 Å². The van der Waals surface area contributed by atoms with Gasteiger partial charge in [-0.3, -0.25) is 4.79 Å². The smallest absolute Gasteiger partial charge is 0.277 e. The maximum Gasteiger partial charge on any atom is 0.277 e. The van der Waals surface area contributed by atoms with Gasteiger partial charge in [0.2, 0.25) is 0 Å². The van der Waals surface area contributed by atoms with Crippen LogP contribution in [-0.4, -0.2) is 33.5 Å². The Labute approximate surface area is 122 Å². The highest BCUT2D eigenvalue weighted by Crippen LogP contribution is 2.23. The van der Waals surface area contributed by atoms with Gasteiger partial charge in [-0.25, -0.2) is 4.68 Å². The molecule has 112 valence electrons. The second-order valence-corrected chi connectivity index (χ2v) is 5.70. The van der Waals surface area contributed by atoms with Gasteiger partial charge in [0, 0.05) is 6.54 Å². The molecule has 6 nitrogen and oxygen atoms in total. The zero-order chi connectivity index (χ0) is 14.9. The first kappa shape index (κ1) is 14.2. The van der Waals surface area contributed by atoms with E-state index >= 15 is 0 Å². The minimum Gasteiger partial charge on any atom is -0.350 e. The molecule has 6 heteroatoms. The number of fused-ring (bicyclic) bond motifs is 1. The van der Waals surface area contributed by atoms with Gasteiger partial charge >= 0.3 is 0 Å². The van der Waals surface area contributed by atoms with Crippen molar-refractivity contribution in [2.75, 3.05) is 6.61 Å². The number of ether oxygens (including phenoxy) is 2. The lowest BCUT2D eigenvalue weighted by atomic mass is 10.1. The Hall–Kier alpha value is -1.79. The van der Waals surface area contributed by atoms with Gasteiger partial charge in [0.1, 0.15) is 5.52 Å². The summed E-state index contributed by atoms with van der Waals surface area (Å²) in [5.74, 6) is -0.553. The topological polar surface area (TPSA) is 66.2 Å². The monoisotopic (exact) mass is 289 g/mol. The van der Waals surface area contributed by atoms with Crippen LogP contribution in [0.1, 0.15) is 26.7 Å². The molecule has 0 spiro atoms. The third-order valence-corrected chi connectivity index (χ3v) is 3.63. The molecule has 1 unspecified atom stereocenters. The number of hydrogen-bond acceptors (Lipinski definition) is 5. The van der Waals surface area contributed by atoms with Crippen molar-refractivity contribution in [3.63, 3.8) is 0 Å². The number of aryl methyl sites for hydroxylation is 1. The fraction of sp³-hybridized carbons (Fsp3) is 0.533. The summed E-state index contributed by atoms with van der Waals surface area (Å²) in [7, 11) is 0. The van der Waals surface area contributed by atoms with Crippen molar-refractivity contribution >= 4 is 10.9 Å². The minimum atomic E-state index is -0.553. The number of rotatable bonds is 3. The summed E-state index contributed by atoms with van der Waals surface area (Å²) < 4.78 is 12.8. The zero-order valence-electron chi connectivity index (χ0n) is 12.3. The Bertz CT molecular complexity index is 696. The van der Waals surface area contributed by atoms with Crippen molar-refractivity contribution in [2.45, 2.75) is 45.1 Å². The highest BCUT2D eigenvalue weighted by atomic mass is 16.7. The normalized spacial score (nSPS) is 21.5. The van der Waals surface area contributed by atoms with Crippen LogP contribution in [0.5, 0.6) is 0 Å². The average Bonchev–Trinajstić information content (AvgIpc) is 2.46. The molecular weight excluding hydrogens is 270 g/mol. The SMILES string of the molecule is CC1(C)OCCC(CCn2nnc3ccccc3c2=O)O1. The lowest BCUT2D eigenvalue weighted by Gasteiger charge is -2.36. The van der Waals surface area contributed by atoms with E-state index in [1.165, 1.54) is 4.68 Å². The van der Waals surface area contributed by atoms with E-state index in [4.69, 9.17) is 9.47 Å². The van der Waals surface area contributed by atoms with Crippen LogP contribution < -0.4 is 5.56 Å². The molecular formula is C15H19N3O3. The van der Waals surface area contributed by atoms with E-state index in [0.717, 1.165) is 12.8 Å². The van der Waals surface area contributed by atoms with E-state index in [0.29, 0.717) is 24.1 Å². The van der Waals surface area contributed by atoms with Crippen LogP contribution >= 0.6 is 0 Å². The Kier molecular flexibility index (Phi) is 3.73. The van der Waals surface area contributed by atoms with Gasteiger partial charge in [0.25, 0.3) is 5.56 Å². The Morgan fingerprint density at radius 2 is 2.19 bits per heavy atom. The summed E-state index contributed by atoms with van der Waals surface area (Å²) >= 11 is 0. The van der Waals surface area contributed by atoms with E-state index in [9.17, 15) is 4.79 Å². The molecule has 1 aliphatic heterocycles. The highest BCUT2D eigenvalue weighted by molar-refractivity contribution is 5.76.